The molecule has 1 heterocycles. The van der Waals surface area contributed by atoms with Crippen LogP contribution in [0.1, 0.15) is 53.4 Å². The number of rotatable bonds is 6. The maximum atomic E-state index is 12.4. The highest BCUT2D eigenvalue weighted by molar-refractivity contribution is 5.74. The lowest BCUT2D eigenvalue weighted by atomic mass is 9.72. The van der Waals surface area contributed by atoms with Gasteiger partial charge in [0, 0.05) is 25.2 Å². The van der Waals surface area contributed by atoms with Gasteiger partial charge >= 0.3 is 12.0 Å². The van der Waals surface area contributed by atoms with Gasteiger partial charge in [-0.05, 0) is 43.6 Å². The molecule has 1 saturated heterocycles. The highest BCUT2D eigenvalue weighted by Gasteiger charge is 2.37. The van der Waals surface area contributed by atoms with Crippen LogP contribution in [0.2, 0.25) is 0 Å². The van der Waals surface area contributed by atoms with Crippen molar-refractivity contribution >= 4 is 12.0 Å². The summed E-state index contributed by atoms with van der Waals surface area (Å²) in [5, 5.41) is 12.0. The van der Waals surface area contributed by atoms with Crippen molar-refractivity contribution < 1.29 is 14.7 Å². The topological polar surface area (TPSA) is 72.9 Å². The third-order valence-electron chi connectivity index (χ3n) is 6.29. The molecule has 0 radical (unpaired) electrons. The molecule has 0 unspecified atom stereocenters. The second-order valence-electron chi connectivity index (χ2n) is 8.02. The van der Waals surface area contributed by atoms with E-state index < -0.39 is 5.97 Å². The Morgan fingerprint density at radius 3 is 2.33 bits per heavy atom. The van der Waals surface area contributed by atoms with Crippen molar-refractivity contribution in [3.05, 3.63) is 0 Å². The van der Waals surface area contributed by atoms with Gasteiger partial charge in [-0.25, -0.2) is 4.79 Å². The van der Waals surface area contributed by atoms with Crippen molar-refractivity contribution in [2.24, 2.45) is 11.3 Å². The predicted octanol–water partition coefficient (Wildman–Crippen LogP) is 2.39. The SMILES string of the molecule is CCN(CC(=O)O)C1CC(NC(=O)N2CCC(C)(C(C)C)CC2)C1. The summed E-state index contributed by atoms with van der Waals surface area (Å²) < 4.78 is 0. The Morgan fingerprint density at radius 2 is 1.88 bits per heavy atom. The molecular formula is C18H33N3O3. The number of carboxylic acid groups (broad SMARTS) is 1. The summed E-state index contributed by atoms with van der Waals surface area (Å²) in [6.07, 6.45) is 3.83. The minimum atomic E-state index is -0.786. The summed E-state index contributed by atoms with van der Waals surface area (Å²) >= 11 is 0. The first-order valence-corrected chi connectivity index (χ1v) is 9.26. The van der Waals surface area contributed by atoms with Crippen LogP contribution in [0.5, 0.6) is 0 Å². The molecular weight excluding hydrogens is 306 g/mol. The van der Waals surface area contributed by atoms with Gasteiger partial charge in [-0.1, -0.05) is 27.7 Å². The molecule has 24 heavy (non-hydrogen) atoms. The fraction of sp³-hybridized carbons (Fsp3) is 0.889. The number of carbonyl (C=O) groups excluding carboxylic acids is 1. The third-order valence-corrected chi connectivity index (χ3v) is 6.29. The molecule has 2 aliphatic rings. The molecule has 0 atom stereocenters. The van der Waals surface area contributed by atoms with Crippen molar-refractivity contribution in [3.63, 3.8) is 0 Å². The fourth-order valence-electron chi connectivity index (χ4n) is 3.74. The summed E-state index contributed by atoms with van der Waals surface area (Å²) in [4.78, 5) is 27.2. The van der Waals surface area contributed by atoms with Crippen LogP contribution in [-0.2, 0) is 4.79 Å². The first-order valence-electron chi connectivity index (χ1n) is 9.26. The Bertz CT molecular complexity index is 452. The molecule has 2 rings (SSSR count). The summed E-state index contributed by atoms with van der Waals surface area (Å²) in [6.45, 7) is 11.3. The van der Waals surface area contributed by atoms with Gasteiger partial charge in [0.1, 0.15) is 0 Å². The van der Waals surface area contributed by atoms with E-state index in [2.05, 4.69) is 26.1 Å². The molecule has 0 aromatic heterocycles. The van der Waals surface area contributed by atoms with Gasteiger partial charge in [0.25, 0.3) is 0 Å². The van der Waals surface area contributed by atoms with Crippen molar-refractivity contribution in [1.82, 2.24) is 15.1 Å². The molecule has 0 bridgehead atoms. The van der Waals surface area contributed by atoms with Gasteiger partial charge in [-0.2, -0.15) is 0 Å². The number of nitrogens with one attached hydrogen (secondary N) is 1. The van der Waals surface area contributed by atoms with E-state index in [4.69, 9.17) is 5.11 Å². The maximum absolute atomic E-state index is 12.4. The molecule has 6 heteroatoms. The van der Waals surface area contributed by atoms with Crippen molar-refractivity contribution in [1.29, 1.82) is 0 Å². The normalized spacial score (nSPS) is 26.3. The molecule has 6 nitrogen and oxygen atoms in total. The molecule has 0 aromatic rings. The molecule has 138 valence electrons. The zero-order valence-corrected chi connectivity index (χ0v) is 15.5. The van der Waals surface area contributed by atoms with Crippen molar-refractivity contribution in [2.75, 3.05) is 26.2 Å². The lowest BCUT2D eigenvalue weighted by Gasteiger charge is -2.45. The van der Waals surface area contributed by atoms with E-state index in [1.54, 1.807) is 0 Å². The summed E-state index contributed by atoms with van der Waals surface area (Å²) in [5.41, 5.74) is 0.344. The van der Waals surface area contributed by atoms with Gasteiger partial charge in [0.2, 0.25) is 0 Å². The van der Waals surface area contributed by atoms with Crippen LogP contribution in [0.3, 0.4) is 0 Å². The van der Waals surface area contributed by atoms with Crippen LogP contribution in [0.15, 0.2) is 0 Å². The molecule has 2 amide bonds. The molecule has 1 aliphatic heterocycles. The number of urea groups is 1. The number of likely N-dealkylation sites (tertiary alicyclic amines) is 1. The highest BCUT2D eigenvalue weighted by atomic mass is 16.4. The first kappa shape index (κ1) is 19.0. The second-order valence-corrected chi connectivity index (χ2v) is 8.02. The number of piperidine rings is 1. The number of hydrogen-bond acceptors (Lipinski definition) is 3. The molecule has 0 aromatic carbocycles. The number of nitrogens with zero attached hydrogens (tertiary/aromatic N) is 2. The van der Waals surface area contributed by atoms with Crippen LogP contribution in [-0.4, -0.2) is 65.2 Å². The fourth-order valence-corrected chi connectivity index (χ4v) is 3.74. The monoisotopic (exact) mass is 339 g/mol. The molecule has 0 spiro atoms. The molecule has 1 saturated carbocycles. The smallest absolute Gasteiger partial charge is 0.317 e. The van der Waals surface area contributed by atoms with Crippen molar-refractivity contribution in [2.45, 2.75) is 65.5 Å². The molecule has 1 aliphatic carbocycles. The van der Waals surface area contributed by atoms with Crippen LogP contribution in [0.4, 0.5) is 4.79 Å². The van der Waals surface area contributed by atoms with E-state index in [0.717, 1.165) is 45.3 Å². The average Bonchev–Trinajstić information content (AvgIpc) is 2.48. The van der Waals surface area contributed by atoms with E-state index in [-0.39, 0.29) is 24.7 Å². The second kappa shape index (κ2) is 7.72. The number of likely N-dealkylation sites (N-methyl/N-ethyl adjacent to an activating group) is 1. The van der Waals surface area contributed by atoms with E-state index in [1.807, 2.05) is 16.7 Å². The Morgan fingerprint density at radius 1 is 1.29 bits per heavy atom. The van der Waals surface area contributed by atoms with Crippen LogP contribution < -0.4 is 5.32 Å². The lowest BCUT2D eigenvalue weighted by molar-refractivity contribution is -0.139. The Labute approximate surface area is 145 Å². The largest absolute Gasteiger partial charge is 0.480 e. The van der Waals surface area contributed by atoms with Gasteiger partial charge in [-0.3, -0.25) is 9.69 Å². The van der Waals surface area contributed by atoms with Crippen LogP contribution in [0, 0.1) is 11.3 Å². The minimum Gasteiger partial charge on any atom is -0.480 e. The number of amides is 2. The van der Waals surface area contributed by atoms with E-state index in [1.165, 1.54) is 0 Å². The van der Waals surface area contributed by atoms with Crippen LogP contribution in [0.25, 0.3) is 0 Å². The maximum Gasteiger partial charge on any atom is 0.317 e. The summed E-state index contributed by atoms with van der Waals surface area (Å²) in [6, 6.07) is 0.510. The van der Waals surface area contributed by atoms with E-state index in [9.17, 15) is 9.59 Å². The number of hydrogen-bond donors (Lipinski definition) is 2. The quantitative estimate of drug-likeness (QED) is 0.779. The van der Waals surface area contributed by atoms with Gasteiger partial charge < -0.3 is 15.3 Å². The standard InChI is InChI=1S/C18H33N3O3/c1-5-20(12-16(22)23)15-10-14(11-15)19-17(24)21-8-6-18(4,7-9-21)13(2)3/h13-15H,5-12H2,1-4H3,(H,19,24)(H,22,23). The van der Waals surface area contributed by atoms with E-state index >= 15 is 0 Å². The zero-order chi connectivity index (χ0) is 17.9. The lowest BCUT2D eigenvalue weighted by Crippen LogP contribution is -2.57. The molecule has 2 fully saturated rings. The zero-order valence-electron chi connectivity index (χ0n) is 15.5. The Hall–Kier alpha value is -1.30. The van der Waals surface area contributed by atoms with Gasteiger partial charge in [-0.15, -0.1) is 0 Å². The minimum absolute atomic E-state index is 0.0468. The summed E-state index contributed by atoms with van der Waals surface area (Å²) in [7, 11) is 0. The van der Waals surface area contributed by atoms with Crippen LogP contribution >= 0.6 is 0 Å². The average molecular weight is 339 g/mol. The Kier molecular flexibility index (Phi) is 6.12. The third kappa shape index (κ3) is 4.41. The number of carboxylic acids is 1. The molecule has 2 N–H and O–H groups in total. The predicted molar refractivity (Wildman–Crippen MR) is 94.0 cm³/mol. The number of carbonyl (C=O) groups is 2. The summed E-state index contributed by atoms with van der Waals surface area (Å²) in [5.74, 6) is -0.143. The van der Waals surface area contributed by atoms with Gasteiger partial charge in [0.05, 0.1) is 6.54 Å². The number of aliphatic carboxylic acids is 1. The first-order chi connectivity index (χ1) is 11.2. The van der Waals surface area contributed by atoms with Gasteiger partial charge in [0.15, 0.2) is 0 Å². The Balaban J connectivity index is 1.73. The van der Waals surface area contributed by atoms with Crippen molar-refractivity contribution in [3.8, 4) is 0 Å². The highest BCUT2D eigenvalue weighted by Crippen LogP contribution is 2.38. The van der Waals surface area contributed by atoms with E-state index in [0.29, 0.717) is 11.3 Å².